The van der Waals surface area contributed by atoms with Crippen LogP contribution >= 0.6 is 23.4 Å². The number of fused-ring (bicyclic) bond motifs is 1. The van der Waals surface area contributed by atoms with Gasteiger partial charge >= 0.3 is 5.97 Å². The predicted octanol–water partition coefficient (Wildman–Crippen LogP) is 2.49. The second kappa shape index (κ2) is 5.71. The van der Waals surface area contributed by atoms with E-state index in [1.807, 2.05) is 19.9 Å². The Morgan fingerprint density at radius 2 is 2.25 bits per heavy atom. The first kappa shape index (κ1) is 15.3. The molecule has 0 saturated heterocycles. The van der Waals surface area contributed by atoms with Gasteiger partial charge in [0.15, 0.2) is 11.5 Å². The number of thioether (sulfide) groups is 1. The summed E-state index contributed by atoms with van der Waals surface area (Å²) in [5.41, 5.74) is 6.63. The summed E-state index contributed by atoms with van der Waals surface area (Å²) >= 11 is 7.57. The second-order valence-electron chi connectivity index (χ2n) is 5.02. The molecule has 0 amide bonds. The first-order valence-electron chi connectivity index (χ1n) is 6.01. The van der Waals surface area contributed by atoms with Gasteiger partial charge in [0.1, 0.15) is 6.04 Å². The van der Waals surface area contributed by atoms with Gasteiger partial charge in [0.2, 0.25) is 6.79 Å². The number of hydrogen-bond acceptors (Lipinski definition) is 5. The average molecular weight is 318 g/mol. The van der Waals surface area contributed by atoms with Crippen molar-refractivity contribution in [2.75, 3.05) is 6.79 Å². The Bertz CT molecular complexity index is 535. The fourth-order valence-corrected chi connectivity index (χ4v) is 3.03. The van der Waals surface area contributed by atoms with Gasteiger partial charge in [-0.3, -0.25) is 4.79 Å². The molecule has 7 heteroatoms. The molecule has 1 aliphatic rings. The highest BCUT2D eigenvalue weighted by molar-refractivity contribution is 7.99. The zero-order chi connectivity index (χ0) is 14.9. The Labute approximate surface area is 126 Å². The number of ether oxygens (including phenoxy) is 2. The summed E-state index contributed by atoms with van der Waals surface area (Å²) in [5, 5.41) is 9.49. The second-order valence-corrected chi connectivity index (χ2v) is 7.06. The van der Waals surface area contributed by atoms with Crippen LogP contribution in [0.25, 0.3) is 0 Å². The highest BCUT2D eigenvalue weighted by atomic mass is 35.5. The van der Waals surface area contributed by atoms with Crippen LogP contribution in [0.1, 0.15) is 19.4 Å². The third-order valence-electron chi connectivity index (χ3n) is 3.11. The van der Waals surface area contributed by atoms with Crippen LogP contribution in [-0.2, 0) is 10.5 Å². The summed E-state index contributed by atoms with van der Waals surface area (Å²) in [6, 6.07) is 2.71. The molecule has 110 valence electrons. The van der Waals surface area contributed by atoms with Crippen LogP contribution in [0.3, 0.4) is 0 Å². The maximum absolute atomic E-state index is 11.0. The smallest absolute Gasteiger partial charge is 0.321 e. The van der Waals surface area contributed by atoms with E-state index in [2.05, 4.69) is 0 Å². The minimum Gasteiger partial charge on any atom is -0.480 e. The van der Waals surface area contributed by atoms with Crippen molar-refractivity contribution in [3.05, 3.63) is 22.7 Å². The third kappa shape index (κ3) is 3.13. The minimum absolute atomic E-state index is 0.168. The zero-order valence-electron chi connectivity index (χ0n) is 11.2. The predicted molar refractivity (Wildman–Crippen MR) is 78.6 cm³/mol. The molecule has 1 heterocycles. The van der Waals surface area contributed by atoms with Crippen molar-refractivity contribution < 1.29 is 19.4 Å². The van der Waals surface area contributed by atoms with E-state index in [-0.39, 0.29) is 6.79 Å². The van der Waals surface area contributed by atoms with Crippen molar-refractivity contribution in [2.24, 2.45) is 5.73 Å². The number of carbonyl (C=O) groups is 1. The van der Waals surface area contributed by atoms with Gasteiger partial charge in [-0.2, -0.15) is 0 Å². The molecule has 1 atom stereocenters. The van der Waals surface area contributed by atoms with E-state index in [9.17, 15) is 4.79 Å². The number of aliphatic carboxylic acids is 1. The largest absolute Gasteiger partial charge is 0.480 e. The molecule has 1 aromatic carbocycles. The van der Waals surface area contributed by atoms with Crippen LogP contribution in [-0.4, -0.2) is 28.7 Å². The number of nitrogens with two attached hydrogens (primary N) is 1. The topological polar surface area (TPSA) is 81.8 Å². The summed E-state index contributed by atoms with van der Waals surface area (Å²) in [5.74, 6) is 0.756. The van der Waals surface area contributed by atoms with E-state index in [1.165, 1.54) is 11.8 Å². The lowest BCUT2D eigenvalue weighted by molar-refractivity contribution is -0.139. The van der Waals surface area contributed by atoms with Crippen molar-refractivity contribution in [1.82, 2.24) is 0 Å². The molecule has 2 rings (SSSR count). The van der Waals surface area contributed by atoms with Crippen molar-refractivity contribution in [3.63, 3.8) is 0 Å². The van der Waals surface area contributed by atoms with E-state index in [4.69, 9.17) is 31.9 Å². The molecule has 0 spiro atoms. The van der Waals surface area contributed by atoms with E-state index in [0.29, 0.717) is 22.3 Å². The molecule has 1 aliphatic heterocycles. The molecular formula is C13H16ClNO4S. The van der Waals surface area contributed by atoms with E-state index < -0.39 is 16.8 Å². The lowest BCUT2D eigenvalue weighted by Crippen LogP contribution is -2.46. The number of carboxylic acids is 1. The van der Waals surface area contributed by atoms with Gasteiger partial charge in [-0.1, -0.05) is 11.6 Å². The summed E-state index contributed by atoms with van der Waals surface area (Å²) < 4.78 is 9.95. The van der Waals surface area contributed by atoms with Gasteiger partial charge in [-0.25, -0.2) is 0 Å². The number of hydrogen-bond donors (Lipinski definition) is 2. The van der Waals surface area contributed by atoms with Crippen LogP contribution < -0.4 is 15.2 Å². The van der Waals surface area contributed by atoms with Gasteiger partial charge in [-0.15, -0.1) is 11.8 Å². The number of rotatable bonds is 5. The fourth-order valence-electron chi connectivity index (χ4n) is 1.76. The highest BCUT2D eigenvalue weighted by Crippen LogP contribution is 2.41. The molecule has 3 N–H and O–H groups in total. The van der Waals surface area contributed by atoms with Crippen LogP contribution in [0.4, 0.5) is 0 Å². The molecule has 1 aromatic rings. The first-order valence-corrected chi connectivity index (χ1v) is 7.38. The Balaban J connectivity index is 2.08. The number of carboxylic acid groups (broad SMARTS) is 1. The maximum Gasteiger partial charge on any atom is 0.321 e. The average Bonchev–Trinajstić information content (AvgIpc) is 2.84. The molecule has 0 unspecified atom stereocenters. The Hall–Kier alpha value is -1.11. The monoisotopic (exact) mass is 317 g/mol. The molecule has 0 fully saturated rings. The van der Waals surface area contributed by atoms with Gasteiger partial charge in [-0.05, 0) is 31.5 Å². The lowest BCUT2D eigenvalue weighted by atomic mass is 10.1. The summed E-state index contributed by atoms with van der Waals surface area (Å²) in [6.07, 6.45) is 0. The third-order valence-corrected chi connectivity index (χ3v) is 4.87. The maximum atomic E-state index is 11.0. The highest BCUT2D eigenvalue weighted by Gasteiger charge is 2.32. The fraction of sp³-hybridized carbons (Fsp3) is 0.462. The van der Waals surface area contributed by atoms with Crippen LogP contribution in [0.5, 0.6) is 11.5 Å². The normalized spacial score (nSPS) is 15.2. The Kier molecular flexibility index (Phi) is 4.36. The van der Waals surface area contributed by atoms with Crippen LogP contribution in [0.15, 0.2) is 12.1 Å². The van der Waals surface area contributed by atoms with Gasteiger partial charge in [0.25, 0.3) is 0 Å². The SMILES string of the molecule is CC(C)(SCc1cc(Cl)c2c(c1)OCO2)[C@@H](N)C(=O)O. The summed E-state index contributed by atoms with van der Waals surface area (Å²) in [4.78, 5) is 11.0. The summed E-state index contributed by atoms with van der Waals surface area (Å²) in [6.45, 7) is 3.79. The Morgan fingerprint density at radius 3 is 2.90 bits per heavy atom. The van der Waals surface area contributed by atoms with Crippen molar-refractivity contribution >= 4 is 29.3 Å². The molecule has 0 radical (unpaired) electrons. The van der Waals surface area contributed by atoms with Crippen molar-refractivity contribution in [2.45, 2.75) is 30.4 Å². The quantitative estimate of drug-likeness (QED) is 0.868. The molecule has 0 aliphatic carbocycles. The van der Waals surface area contributed by atoms with E-state index >= 15 is 0 Å². The Morgan fingerprint density at radius 1 is 1.55 bits per heavy atom. The van der Waals surface area contributed by atoms with Gasteiger partial charge in [0, 0.05) is 10.5 Å². The number of benzene rings is 1. The zero-order valence-corrected chi connectivity index (χ0v) is 12.8. The van der Waals surface area contributed by atoms with Gasteiger partial charge in [0.05, 0.1) is 5.02 Å². The first-order chi connectivity index (χ1) is 9.31. The minimum atomic E-state index is -1.01. The van der Waals surface area contributed by atoms with E-state index in [1.54, 1.807) is 6.07 Å². The standard InChI is InChI=1S/C13H16ClNO4S/c1-13(2,11(15)12(16)17)20-5-7-3-8(14)10-9(4-7)18-6-19-10/h3-4,11H,5-6,15H2,1-2H3,(H,16,17)/t11-/m0/s1. The molecule has 0 aromatic heterocycles. The van der Waals surface area contributed by atoms with Crippen molar-refractivity contribution in [3.8, 4) is 11.5 Å². The van der Waals surface area contributed by atoms with E-state index in [0.717, 1.165) is 5.56 Å². The molecule has 0 bridgehead atoms. The summed E-state index contributed by atoms with van der Waals surface area (Å²) in [7, 11) is 0. The molecule has 0 saturated carbocycles. The molecular weight excluding hydrogens is 302 g/mol. The molecule has 5 nitrogen and oxygen atoms in total. The van der Waals surface area contributed by atoms with Crippen molar-refractivity contribution in [1.29, 1.82) is 0 Å². The lowest BCUT2D eigenvalue weighted by Gasteiger charge is -2.28. The van der Waals surface area contributed by atoms with Gasteiger partial charge < -0.3 is 20.3 Å². The van der Waals surface area contributed by atoms with Crippen LogP contribution in [0.2, 0.25) is 5.02 Å². The van der Waals surface area contributed by atoms with Crippen LogP contribution in [0, 0.1) is 0 Å². The molecule has 20 heavy (non-hydrogen) atoms. The number of halogens is 1.